The van der Waals surface area contributed by atoms with Gasteiger partial charge in [-0.1, -0.05) is 0 Å². The first-order valence-corrected chi connectivity index (χ1v) is 10.3. The van der Waals surface area contributed by atoms with Crippen molar-refractivity contribution in [1.29, 1.82) is 5.26 Å². The number of hydrogen-bond acceptors (Lipinski definition) is 5. The van der Waals surface area contributed by atoms with E-state index >= 15 is 0 Å². The van der Waals surface area contributed by atoms with Gasteiger partial charge >= 0.3 is 0 Å². The van der Waals surface area contributed by atoms with Gasteiger partial charge in [-0.15, -0.1) is 11.3 Å². The van der Waals surface area contributed by atoms with Gasteiger partial charge in [-0.2, -0.15) is 9.57 Å². The molecule has 1 saturated heterocycles. The van der Waals surface area contributed by atoms with Gasteiger partial charge in [0, 0.05) is 13.1 Å². The van der Waals surface area contributed by atoms with Crippen LogP contribution < -0.4 is 5.32 Å². The summed E-state index contributed by atoms with van der Waals surface area (Å²) in [6.45, 7) is 0.366. The van der Waals surface area contributed by atoms with Crippen molar-refractivity contribution in [2.24, 2.45) is 5.92 Å². The van der Waals surface area contributed by atoms with Gasteiger partial charge in [0.05, 0.1) is 16.4 Å². The molecule has 1 atom stereocenters. The van der Waals surface area contributed by atoms with Gasteiger partial charge in [-0.25, -0.2) is 12.8 Å². The van der Waals surface area contributed by atoms with Gasteiger partial charge in [0.15, 0.2) is 0 Å². The number of nitrogens with zero attached hydrogens (tertiary/aromatic N) is 2. The third-order valence-electron chi connectivity index (χ3n) is 4.23. The molecule has 1 aliphatic heterocycles. The highest BCUT2D eigenvalue weighted by Crippen LogP contribution is 2.27. The summed E-state index contributed by atoms with van der Waals surface area (Å²) >= 11 is 1.25. The monoisotopic (exact) mass is 393 g/mol. The first-order chi connectivity index (χ1) is 12.4. The lowest BCUT2D eigenvalue weighted by Crippen LogP contribution is -2.43. The van der Waals surface area contributed by atoms with Crippen LogP contribution in [0.3, 0.4) is 0 Å². The molecule has 0 saturated carbocycles. The third kappa shape index (κ3) is 3.77. The van der Waals surface area contributed by atoms with E-state index in [-0.39, 0.29) is 17.3 Å². The highest BCUT2D eigenvalue weighted by atomic mass is 32.2. The van der Waals surface area contributed by atoms with Crippen molar-refractivity contribution in [1.82, 2.24) is 4.31 Å². The highest BCUT2D eigenvalue weighted by molar-refractivity contribution is 7.89. The lowest BCUT2D eigenvalue weighted by molar-refractivity contribution is -0.120. The first kappa shape index (κ1) is 18.5. The molecule has 1 aliphatic rings. The minimum Gasteiger partial charge on any atom is -0.316 e. The number of rotatable bonds is 4. The van der Waals surface area contributed by atoms with E-state index in [1.54, 1.807) is 11.4 Å². The van der Waals surface area contributed by atoms with E-state index in [0.29, 0.717) is 30.0 Å². The lowest BCUT2D eigenvalue weighted by atomic mass is 9.99. The smallest absolute Gasteiger partial charge is 0.243 e. The second kappa shape index (κ2) is 7.53. The number of nitriles is 1. The molecule has 0 bridgehead atoms. The Bertz CT molecular complexity index is 948. The van der Waals surface area contributed by atoms with Crippen molar-refractivity contribution >= 4 is 32.3 Å². The van der Waals surface area contributed by atoms with E-state index in [2.05, 4.69) is 5.32 Å². The number of nitrogens with one attached hydrogen (secondary N) is 1. The largest absolute Gasteiger partial charge is 0.316 e. The number of piperidine rings is 1. The Morgan fingerprint density at radius 1 is 1.31 bits per heavy atom. The molecule has 2 heterocycles. The fourth-order valence-corrected chi connectivity index (χ4v) is 5.10. The third-order valence-corrected chi connectivity index (χ3v) is 6.94. The first-order valence-electron chi connectivity index (χ1n) is 7.96. The second-order valence-corrected chi connectivity index (χ2v) is 8.77. The SMILES string of the molecule is N#Cc1ccsc1NC(=O)[C@@H]1CCCN(S(=O)(=O)c2ccc(F)cc2)C1. The number of thiophene rings is 1. The van der Waals surface area contributed by atoms with Gasteiger partial charge in [0.1, 0.15) is 16.9 Å². The van der Waals surface area contributed by atoms with Crippen molar-refractivity contribution in [2.75, 3.05) is 18.4 Å². The Kier molecular flexibility index (Phi) is 5.36. The summed E-state index contributed by atoms with van der Waals surface area (Å²) in [6.07, 6.45) is 1.11. The zero-order valence-electron chi connectivity index (χ0n) is 13.7. The van der Waals surface area contributed by atoms with Crippen molar-refractivity contribution in [3.05, 3.63) is 47.1 Å². The van der Waals surface area contributed by atoms with Crippen molar-refractivity contribution in [3.63, 3.8) is 0 Å². The average Bonchev–Trinajstić information content (AvgIpc) is 3.09. The van der Waals surface area contributed by atoms with Crippen LogP contribution in [0.5, 0.6) is 0 Å². The molecule has 1 fully saturated rings. The second-order valence-electron chi connectivity index (χ2n) is 5.92. The van der Waals surface area contributed by atoms with E-state index in [4.69, 9.17) is 5.26 Å². The number of halogens is 1. The number of carbonyl (C=O) groups excluding carboxylic acids is 1. The van der Waals surface area contributed by atoms with Crippen LogP contribution in [0.2, 0.25) is 0 Å². The maximum Gasteiger partial charge on any atom is 0.243 e. The summed E-state index contributed by atoms with van der Waals surface area (Å²) in [4.78, 5) is 12.5. The molecule has 26 heavy (non-hydrogen) atoms. The van der Waals surface area contributed by atoms with Crippen LogP contribution in [-0.4, -0.2) is 31.7 Å². The molecular weight excluding hydrogens is 377 g/mol. The molecule has 0 unspecified atom stereocenters. The number of anilines is 1. The van der Waals surface area contributed by atoms with Gasteiger partial charge < -0.3 is 5.32 Å². The Morgan fingerprint density at radius 3 is 2.73 bits per heavy atom. The quantitative estimate of drug-likeness (QED) is 0.865. The molecule has 0 radical (unpaired) electrons. The van der Waals surface area contributed by atoms with E-state index < -0.39 is 21.8 Å². The van der Waals surface area contributed by atoms with Gasteiger partial charge in [-0.3, -0.25) is 4.79 Å². The van der Waals surface area contributed by atoms with Gasteiger partial charge in [0.2, 0.25) is 15.9 Å². The highest BCUT2D eigenvalue weighted by Gasteiger charge is 2.33. The Balaban J connectivity index is 1.73. The summed E-state index contributed by atoms with van der Waals surface area (Å²) in [5, 5.41) is 13.9. The average molecular weight is 393 g/mol. The molecule has 136 valence electrons. The van der Waals surface area contributed by atoms with Gasteiger partial charge in [0.25, 0.3) is 0 Å². The molecule has 1 aromatic heterocycles. The number of sulfonamides is 1. The summed E-state index contributed by atoms with van der Waals surface area (Å²) in [6, 6.07) is 8.26. The van der Waals surface area contributed by atoms with Crippen LogP contribution in [0.25, 0.3) is 0 Å². The van der Waals surface area contributed by atoms with Crippen LogP contribution in [0, 0.1) is 23.1 Å². The minimum absolute atomic E-state index is 0.00461. The predicted molar refractivity (Wildman–Crippen MR) is 95.5 cm³/mol. The van der Waals surface area contributed by atoms with E-state index in [9.17, 15) is 17.6 Å². The van der Waals surface area contributed by atoms with Crippen LogP contribution in [-0.2, 0) is 14.8 Å². The minimum atomic E-state index is -3.78. The fraction of sp³-hybridized carbons (Fsp3) is 0.294. The fourth-order valence-electron chi connectivity index (χ4n) is 2.84. The molecule has 3 rings (SSSR count). The molecule has 1 amide bonds. The maximum atomic E-state index is 13.0. The summed E-state index contributed by atoms with van der Waals surface area (Å²) in [5.41, 5.74) is 0.384. The molecule has 2 aromatic rings. The summed E-state index contributed by atoms with van der Waals surface area (Å²) < 4.78 is 39.7. The predicted octanol–water partition coefficient (Wildman–Crippen LogP) is 2.80. The molecule has 1 aromatic carbocycles. The van der Waals surface area contributed by atoms with Crippen LogP contribution in [0.1, 0.15) is 18.4 Å². The summed E-state index contributed by atoms with van der Waals surface area (Å²) in [7, 11) is -3.78. The number of carbonyl (C=O) groups is 1. The van der Waals surface area contributed by atoms with Crippen LogP contribution >= 0.6 is 11.3 Å². The Labute approximate surface area is 154 Å². The zero-order chi connectivity index (χ0) is 18.7. The number of benzene rings is 1. The van der Waals surface area contributed by atoms with E-state index in [1.165, 1.54) is 27.8 Å². The number of hydrogen-bond donors (Lipinski definition) is 1. The Hall–Kier alpha value is -2.28. The Morgan fingerprint density at radius 2 is 2.04 bits per heavy atom. The normalized spacial score (nSPS) is 18.2. The van der Waals surface area contributed by atoms with Crippen molar-refractivity contribution < 1.29 is 17.6 Å². The molecule has 0 spiro atoms. The van der Waals surface area contributed by atoms with E-state index in [0.717, 1.165) is 12.1 Å². The standard InChI is InChI=1S/C17H16FN3O3S2/c18-14-3-5-15(6-4-14)26(23,24)21-8-1-2-13(11-21)16(22)20-17-12(10-19)7-9-25-17/h3-7,9,13H,1-2,8,11H2,(H,20,22)/t13-/m1/s1. The zero-order valence-corrected chi connectivity index (χ0v) is 15.3. The van der Waals surface area contributed by atoms with Crippen molar-refractivity contribution in [3.8, 4) is 6.07 Å². The van der Waals surface area contributed by atoms with Gasteiger partial charge in [-0.05, 0) is 48.6 Å². The molecule has 0 aliphatic carbocycles. The van der Waals surface area contributed by atoms with Crippen LogP contribution in [0.4, 0.5) is 9.39 Å². The van der Waals surface area contributed by atoms with Crippen LogP contribution in [0.15, 0.2) is 40.6 Å². The topological polar surface area (TPSA) is 90.3 Å². The lowest BCUT2D eigenvalue weighted by Gasteiger charge is -2.31. The number of amides is 1. The molecular formula is C17H16FN3O3S2. The molecule has 6 nitrogen and oxygen atoms in total. The molecule has 9 heteroatoms. The summed E-state index contributed by atoms with van der Waals surface area (Å²) in [5.74, 6) is -1.32. The van der Waals surface area contributed by atoms with Crippen molar-refractivity contribution in [2.45, 2.75) is 17.7 Å². The maximum absolute atomic E-state index is 13.0. The molecule has 1 N–H and O–H groups in total. The van der Waals surface area contributed by atoms with E-state index in [1.807, 2.05) is 6.07 Å².